The number of nitrogens with two attached hydrogens (primary N) is 1. The number of likely N-dealkylation sites (N-methyl/N-ethyl adjacent to an activating group) is 1. The molecule has 2 aliphatic rings. The molecule has 1 heterocycles. The fraction of sp³-hybridized carbons (Fsp3) is 1.00. The van der Waals surface area contributed by atoms with Crippen LogP contribution in [0.4, 0.5) is 0 Å². The van der Waals surface area contributed by atoms with Crippen molar-refractivity contribution in [3.05, 3.63) is 0 Å². The largest absolute Gasteiger partial charge is 0.380 e. The van der Waals surface area contributed by atoms with Crippen molar-refractivity contribution in [2.24, 2.45) is 5.73 Å². The number of hydrogen-bond acceptors (Lipinski definition) is 4. The number of rotatable bonds is 7. The maximum Gasteiger partial charge on any atom is 0.0593 e. The van der Waals surface area contributed by atoms with Gasteiger partial charge in [-0.2, -0.15) is 0 Å². The van der Waals surface area contributed by atoms with Gasteiger partial charge in [0.25, 0.3) is 0 Å². The molecule has 4 heteroatoms. The van der Waals surface area contributed by atoms with E-state index in [1.165, 1.54) is 19.3 Å². The lowest BCUT2D eigenvalue weighted by Crippen LogP contribution is -2.55. The second-order valence-electron chi connectivity index (χ2n) is 6.00. The minimum atomic E-state index is 0.166. The van der Waals surface area contributed by atoms with Gasteiger partial charge >= 0.3 is 0 Å². The molecular formula is C14H29N3O. The molecule has 2 rings (SSSR count). The van der Waals surface area contributed by atoms with Crippen molar-refractivity contribution in [2.45, 2.75) is 50.7 Å². The Hall–Kier alpha value is -0.160. The van der Waals surface area contributed by atoms with E-state index in [0.29, 0.717) is 6.04 Å². The quantitative estimate of drug-likeness (QED) is 0.687. The Labute approximate surface area is 111 Å². The van der Waals surface area contributed by atoms with Gasteiger partial charge in [-0.05, 0) is 40.2 Å². The van der Waals surface area contributed by atoms with Crippen molar-refractivity contribution in [1.29, 1.82) is 0 Å². The lowest BCUT2D eigenvalue weighted by Gasteiger charge is -2.38. The summed E-state index contributed by atoms with van der Waals surface area (Å²) in [4.78, 5) is 5.10. The van der Waals surface area contributed by atoms with Gasteiger partial charge in [0.05, 0.1) is 6.61 Å². The summed E-state index contributed by atoms with van der Waals surface area (Å²) in [6, 6.07) is 1.52. The summed E-state index contributed by atoms with van der Waals surface area (Å²) in [6.07, 6.45) is 3.96. The van der Waals surface area contributed by atoms with E-state index in [9.17, 15) is 0 Å². The molecule has 0 spiro atoms. The molecule has 1 aliphatic heterocycles. The molecular weight excluding hydrogens is 226 g/mol. The second kappa shape index (κ2) is 5.87. The van der Waals surface area contributed by atoms with Crippen LogP contribution in [0.2, 0.25) is 0 Å². The Morgan fingerprint density at radius 3 is 2.72 bits per heavy atom. The predicted molar refractivity (Wildman–Crippen MR) is 74.7 cm³/mol. The van der Waals surface area contributed by atoms with E-state index in [4.69, 9.17) is 10.5 Å². The molecule has 0 bridgehead atoms. The first kappa shape index (κ1) is 14.3. The molecule has 4 nitrogen and oxygen atoms in total. The fourth-order valence-corrected chi connectivity index (χ4v) is 3.29. The van der Waals surface area contributed by atoms with Crippen LogP contribution in [0.3, 0.4) is 0 Å². The first-order chi connectivity index (χ1) is 8.63. The molecule has 1 saturated heterocycles. The van der Waals surface area contributed by atoms with Crippen LogP contribution in [-0.2, 0) is 4.74 Å². The predicted octanol–water partition coefficient (Wildman–Crippen LogP) is 0.909. The van der Waals surface area contributed by atoms with Crippen LogP contribution in [0, 0.1) is 0 Å². The molecule has 2 fully saturated rings. The highest BCUT2D eigenvalue weighted by Crippen LogP contribution is 2.38. The van der Waals surface area contributed by atoms with Crippen LogP contribution >= 0.6 is 0 Å². The van der Waals surface area contributed by atoms with E-state index in [2.05, 4.69) is 23.8 Å². The minimum absolute atomic E-state index is 0.166. The lowest BCUT2D eigenvalue weighted by molar-refractivity contribution is 0.0703. The van der Waals surface area contributed by atoms with Crippen molar-refractivity contribution in [3.63, 3.8) is 0 Å². The normalized spacial score (nSPS) is 33.5. The molecule has 1 saturated carbocycles. The summed E-state index contributed by atoms with van der Waals surface area (Å²) >= 11 is 0. The molecule has 18 heavy (non-hydrogen) atoms. The first-order valence-electron chi connectivity index (χ1n) is 7.38. The number of hydrogen-bond donors (Lipinski definition) is 1. The van der Waals surface area contributed by atoms with Gasteiger partial charge in [-0.1, -0.05) is 0 Å². The van der Waals surface area contributed by atoms with Crippen molar-refractivity contribution in [3.8, 4) is 0 Å². The SMILES string of the molecule is CCOCCN(C)C1(CN)CC(C)N(C2CC2)C1. The highest BCUT2D eigenvalue weighted by atomic mass is 16.5. The number of nitrogens with zero attached hydrogens (tertiary/aromatic N) is 2. The molecule has 2 N–H and O–H groups in total. The smallest absolute Gasteiger partial charge is 0.0593 e. The maximum atomic E-state index is 6.11. The Bertz CT molecular complexity index is 270. The van der Waals surface area contributed by atoms with Gasteiger partial charge in [0.15, 0.2) is 0 Å². The van der Waals surface area contributed by atoms with Crippen LogP contribution < -0.4 is 5.73 Å². The van der Waals surface area contributed by atoms with Crippen LogP contribution in [-0.4, -0.2) is 67.3 Å². The molecule has 2 unspecified atom stereocenters. The van der Waals surface area contributed by atoms with Gasteiger partial charge in [-0.3, -0.25) is 9.80 Å². The van der Waals surface area contributed by atoms with E-state index in [1.54, 1.807) is 0 Å². The van der Waals surface area contributed by atoms with Gasteiger partial charge in [0.1, 0.15) is 0 Å². The third-order valence-corrected chi connectivity index (χ3v) is 4.70. The van der Waals surface area contributed by atoms with Crippen LogP contribution in [0.25, 0.3) is 0 Å². The van der Waals surface area contributed by atoms with Crippen molar-refractivity contribution >= 4 is 0 Å². The topological polar surface area (TPSA) is 41.7 Å². The van der Waals surface area contributed by atoms with E-state index in [1.807, 2.05) is 6.92 Å². The summed E-state index contributed by atoms with van der Waals surface area (Å²) < 4.78 is 5.47. The maximum absolute atomic E-state index is 6.11. The molecule has 1 aliphatic carbocycles. The van der Waals surface area contributed by atoms with Gasteiger partial charge in [-0.15, -0.1) is 0 Å². The van der Waals surface area contributed by atoms with E-state index in [0.717, 1.165) is 38.9 Å². The fourth-order valence-electron chi connectivity index (χ4n) is 3.29. The zero-order valence-electron chi connectivity index (χ0n) is 12.2. The zero-order chi connectivity index (χ0) is 13.2. The van der Waals surface area contributed by atoms with Gasteiger partial charge in [0, 0.05) is 43.9 Å². The van der Waals surface area contributed by atoms with Gasteiger partial charge < -0.3 is 10.5 Å². The first-order valence-corrected chi connectivity index (χ1v) is 7.38. The van der Waals surface area contributed by atoms with E-state index in [-0.39, 0.29) is 5.54 Å². The molecule has 0 aromatic rings. The summed E-state index contributed by atoms with van der Waals surface area (Å²) in [6.45, 7) is 8.88. The average Bonchev–Trinajstić information content (AvgIpc) is 3.14. The van der Waals surface area contributed by atoms with Crippen molar-refractivity contribution in [2.75, 3.05) is 39.9 Å². The third kappa shape index (κ3) is 2.87. The molecule has 106 valence electrons. The summed E-state index contributed by atoms with van der Waals surface area (Å²) in [7, 11) is 2.20. The van der Waals surface area contributed by atoms with Crippen molar-refractivity contribution < 1.29 is 4.74 Å². The van der Waals surface area contributed by atoms with E-state index < -0.39 is 0 Å². The molecule has 0 aromatic carbocycles. The summed E-state index contributed by atoms with van der Waals surface area (Å²) in [5.41, 5.74) is 6.28. The summed E-state index contributed by atoms with van der Waals surface area (Å²) in [5.74, 6) is 0. The Morgan fingerprint density at radius 1 is 1.44 bits per heavy atom. The molecule has 0 aromatic heterocycles. The second-order valence-corrected chi connectivity index (χ2v) is 6.00. The summed E-state index contributed by atoms with van der Waals surface area (Å²) in [5, 5.41) is 0. The molecule has 2 atom stereocenters. The van der Waals surface area contributed by atoms with Gasteiger partial charge in [0.2, 0.25) is 0 Å². The Kier molecular flexibility index (Phi) is 4.64. The minimum Gasteiger partial charge on any atom is -0.380 e. The highest BCUT2D eigenvalue weighted by Gasteiger charge is 2.48. The van der Waals surface area contributed by atoms with Crippen LogP contribution in [0.1, 0.15) is 33.1 Å². The molecule has 0 radical (unpaired) electrons. The standard InChI is InChI=1S/C14H29N3O/c1-4-18-8-7-16(3)14(10-15)9-12(2)17(11-14)13-5-6-13/h12-13H,4-11,15H2,1-3H3. The Morgan fingerprint density at radius 2 is 2.17 bits per heavy atom. The van der Waals surface area contributed by atoms with Crippen LogP contribution in [0.15, 0.2) is 0 Å². The van der Waals surface area contributed by atoms with Crippen molar-refractivity contribution in [1.82, 2.24) is 9.80 Å². The zero-order valence-corrected chi connectivity index (χ0v) is 12.2. The van der Waals surface area contributed by atoms with Crippen LogP contribution in [0.5, 0.6) is 0 Å². The number of likely N-dealkylation sites (tertiary alicyclic amines) is 1. The van der Waals surface area contributed by atoms with E-state index >= 15 is 0 Å². The monoisotopic (exact) mass is 255 g/mol. The lowest BCUT2D eigenvalue weighted by atomic mass is 9.94. The average molecular weight is 255 g/mol. The highest BCUT2D eigenvalue weighted by molar-refractivity contribution is 5.06. The third-order valence-electron chi connectivity index (χ3n) is 4.70. The number of ether oxygens (including phenoxy) is 1. The molecule has 0 amide bonds. The Balaban J connectivity index is 1.93. The van der Waals surface area contributed by atoms with Gasteiger partial charge in [-0.25, -0.2) is 0 Å².